The van der Waals surface area contributed by atoms with Crippen LogP contribution in [0.4, 0.5) is 0 Å². The van der Waals surface area contributed by atoms with Crippen molar-refractivity contribution in [2.45, 2.75) is 32.2 Å². The first kappa shape index (κ1) is 13.9. The number of methoxy groups -OCH3 is 1. The molecule has 1 aliphatic carbocycles. The van der Waals surface area contributed by atoms with Crippen LogP contribution in [0.25, 0.3) is 0 Å². The van der Waals surface area contributed by atoms with Crippen LogP contribution in [0.3, 0.4) is 0 Å². The van der Waals surface area contributed by atoms with Crippen molar-refractivity contribution in [2.75, 3.05) is 13.7 Å². The third-order valence-electron chi connectivity index (χ3n) is 3.62. The van der Waals surface area contributed by atoms with Gasteiger partial charge in [0.1, 0.15) is 5.75 Å². The topological polar surface area (TPSA) is 58.6 Å². The number of benzene rings is 1. The Morgan fingerprint density at radius 2 is 2.26 bits per heavy atom. The highest BCUT2D eigenvalue weighted by atomic mass is 16.5. The molecule has 1 aromatic carbocycles. The largest absolute Gasteiger partial charge is 0.496 e. The Morgan fingerprint density at radius 1 is 1.53 bits per heavy atom. The molecule has 1 amide bonds. The number of ether oxygens (including phenoxy) is 1. The summed E-state index contributed by atoms with van der Waals surface area (Å²) >= 11 is 0. The summed E-state index contributed by atoms with van der Waals surface area (Å²) in [6.45, 7) is 2.05. The zero-order valence-electron chi connectivity index (χ0n) is 11.5. The van der Waals surface area contributed by atoms with Crippen molar-refractivity contribution in [2.24, 2.45) is 5.92 Å². The summed E-state index contributed by atoms with van der Waals surface area (Å²) in [6.07, 6.45) is 2.91. The van der Waals surface area contributed by atoms with Crippen molar-refractivity contribution in [1.29, 1.82) is 0 Å². The molecular formula is C15H21NO3. The first-order chi connectivity index (χ1) is 9.15. The van der Waals surface area contributed by atoms with E-state index in [4.69, 9.17) is 9.84 Å². The second-order valence-corrected chi connectivity index (χ2v) is 5.11. The maximum atomic E-state index is 12.2. The molecule has 0 aliphatic heterocycles. The molecule has 1 atom stereocenters. The smallest absolute Gasteiger partial charge is 0.251 e. The highest BCUT2D eigenvalue weighted by molar-refractivity contribution is 5.95. The molecule has 1 aromatic rings. The van der Waals surface area contributed by atoms with E-state index in [-0.39, 0.29) is 18.6 Å². The molecule has 0 bridgehead atoms. The molecule has 1 unspecified atom stereocenters. The van der Waals surface area contributed by atoms with Crippen molar-refractivity contribution in [3.63, 3.8) is 0 Å². The van der Waals surface area contributed by atoms with E-state index in [0.29, 0.717) is 17.9 Å². The van der Waals surface area contributed by atoms with Gasteiger partial charge in [-0.15, -0.1) is 0 Å². The van der Waals surface area contributed by atoms with E-state index < -0.39 is 0 Å². The molecule has 0 heterocycles. The maximum absolute atomic E-state index is 12.2. The average Bonchev–Trinajstić information content (AvgIpc) is 3.23. The van der Waals surface area contributed by atoms with Gasteiger partial charge in [-0.05, 0) is 49.8 Å². The first-order valence-corrected chi connectivity index (χ1v) is 6.72. The number of carbonyl (C=O) groups excluding carboxylic acids is 1. The van der Waals surface area contributed by atoms with E-state index in [0.717, 1.165) is 24.2 Å². The van der Waals surface area contributed by atoms with Crippen LogP contribution < -0.4 is 10.1 Å². The molecule has 0 spiro atoms. The van der Waals surface area contributed by atoms with Gasteiger partial charge in [-0.25, -0.2) is 0 Å². The van der Waals surface area contributed by atoms with Gasteiger partial charge in [-0.2, -0.15) is 0 Å². The molecule has 4 heteroatoms. The van der Waals surface area contributed by atoms with E-state index in [1.807, 2.05) is 13.0 Å². The Morgan fingerprint density at radius 3 is 2.84 bits per heavy atom. The lowest BCUT2D eigenvalue weighted by Gasteiger charge is -2.17. The molecule has 1 fully saturated rings. The van der Waals surface area contributed by atoms with E-state index in [1.165, 1.54) is 0 Å². The normalized spacial score (nSPS) is 15.9. The van der Waals surface area contributed by atoms with Gasteiger partial charge in [-0.3, -0.25) is 4.79 Å². The minimum Gasteiger partial charge on any atom is -0.496 e. The monoisotopic (exact) mass is 263 g/mol. The SMILES string of the molecule is COc1cc(C(=O)NC(CCO)C2CC2)ccc1C. The van der Waals surface area contributed by atoms with Crippen LogP contribution in [-0.2, 0) is 0 Å². The van der Waals surface area contributed by atoms with Gasteiger partial charge in [0, 0.05) is 18.2 Å². The van der Waals surface area contributed by atoms with Crippen LogP contribution in [0.5, 0.6) is 5.75 Å². The van der Waals surface area contributed by atoms with Crippen LogP contribution in [-0.4, -0.2) is 30.8 Å². The van der Waals surface area contributed by atoms with E-state index in [9.17, 15) is 4.79 Å². The Kier molecular flexibility index (Phi) is 4.43. The fraction of sp³-hybridized carbons (Fsp3) is 0.533. The highest BCUT2D eigenvalue weighted by Crippen LogP contribution is 2.34. The zero-order chi connectivity index (χ0) is 13.8. The molecule has 19 heavy (non-hydrogen) atoms. The predicted octanol–water partition coefficient (Wildman–Crippen LogP) is 1.89. The molecule has 2 rings (SSSR count). The number of amides is 1. The van der Waals surface area contributed by atoms with Gasteiger partial charge < -0.3 is 15.2 Å². The minimum absolute atomic E-state index is 0.0878. The van der Waals surface area contributed by atoms with Gasteiger partial charge in [0.2, 0.25) is 0 Å². The summed E-state index contributed by atoms with van der Waals surface area (Å²) in [4.78, 5) is 12.2. The van der Waals surface area contributed by atoms with Gasteiger partial charge in [0.25, 0.3) is 5.91 Å². The van der Waals surface area contributed by atoms with Crippen molar-refractivity contribution >= 4 is 5.91 Å². The fourth-order valence-electron chi connectivity index (χ4n) is 2.28. The molecular weight excluding hydrogens is 242 g/mol. The molecule has 0 radical (unpaired) electrons. The molecule has 2 N–H and O–H groups in total. The van der Waals surface area contributed by atoms with Gasteiger partial charge in [-0.1, -0.05) is 6.07 Å². The van der Waals surface area contributed by atoms with Gasteiger partial charge in [0.15, 0.2) is 0 Å². The summed E-state index contributed by atoms with van der Waals surface area (Å²) in [5.74, 6) is 1.16. The lowest BCUT2D eigenvalue weighted by atomic mass is 10.1. The van der Waals surface area contributed by atoms with Gasteiger partial charge in [0.05, 0.1) is 7.11 Å². The van der Waals surface area contributed by atoms with Crippen molar-refractivity contribution in [3.05, 3.63) is 29.3 Å². The van der Waals surface area contributed by atoms with Crippen molar-refractivity contribution in [3.8, 4) is 5.75 Å². The number of carbonyl (C=O) groups is 1. The molecule has 4 nitrogen and oxygen atoms in total. The number of aliphatic hydroxyl groups is 1. The lowest BCUT2D eigenvalue weighted by molar-refractivity contribution is 0.0924. The third kappa shape index (κ3) is 3.47. The van der Waals surface area contributed by atoms with Gasteiger partial charge >= 0.3 is 0 Å². The highest BCUT2D eigenvalue weighted by Gasteiger charge is 2.31. The summed E-state index contributed by atoms with van der Waals surface area (Å²) in [5.41, 5.74) is 1.61. The van der Waals surface area contributed by atoms with Crippen LogP contribution in [0.15, 0.2) is 18.2 Å². The summed E-state index contributed by atoms with van der Waals surface area (Å²) in [7, 11) is 1.60. The lowest BCUT2D eigenvalue weighted by Crippen LogP contribution is -2.37. The molecule has 0 saturated heterocycles. The summed E-state index contributed by atoms with van der Waals surface area (Å²) in [6, 6.07) is 5.53. The third-order valence-corrected chi connectivity index (χ3v) is 3.62. The Hall–Kier alpha value is -1.55. The van der Waals surface area contributed by atoms with Crippen molar-refractivity contribution in [1.82, 2.24) is 5.32 Å². The second-order valence-electron chi connectivity index (χ2n) is 5.11. The molecule has 1 saturated carbocycles. The summed E-state index contributed by atoms with van der Waals surface area (Å²) < 4.78 is 5.23. The zero-order valence-corrected chi connectivity index (χ0v) is 11.5. The first-order valence-electron chi connectivity index (χ1n) is 6.72. The maximum Gasteiger partial charge on any atom is 0.251 e. The quantitative estimate of drug-likeness (QED) is 0.824. The number of hydrogen-bond donors (Lipinski definition) is 2. The van der Waals surface area contributed by atoms with Crippen LogP contribution in [0.1, 0.15) is 35.2 Å². The van der Waals surface area contributed by atoms with Crippen LogP contribution in [0.2, 0.25) is 0 Å². The summed E-state index contributed by atoms with van der Waals surface area (Å²) in [5, 5.41) is 12.1. The Labute approximate surface area is 113 Å². The Balaban J connectivity index is 2.06. The Bertz CT molecular complexity index is 455. The standard InChI is InChI=1S/C15H21NO3/c1-10-3-4-12(9-14(10)19-2)15(18)16-13(7-8-17)11-5-6-11/h3-4,9,11,13,17H,5-8H2,1-2H3,(H,16,18). The van der Waals surface area contributed by atoms with Crippen molar-refractivity contribution < 1.29 is 14.6 Å². The number of aryl methyl sites for hydroxylation is 1. The number of nitrogens with one attached hydrogen (secondary N) is 1. The predicted molar refractivity (Wildman–Crippen MR) is 73.4 cm³/mol. The van der Waals surface area contributed by atoms with E-state index in [2.05, 4.69) is 5.32 Å². The molecule has 1 aliphatic rings. The van der Waals surface area contributed by atoms with Crippen LogP contribution >= 0.6 is 0 Å². The van der Waals surface area contributed by atoms with E-state index >= 15 is 0 Å². The molecule has 0 aromatic heterocycles. The number of rotatable bonds is 6. The average molecular weight is 263 g/mol. The fourth-order valence-corrected chi connectivity index (χ4v) is 2.28. The minimum atomic E-state index is -0.0938. The molecule has 104 valence electrons. The number of hydrogen-bond acceptors (Lipinski definition) is 3. The van der Waals surface area contributed by atoms with Crippen LogP contribution in [0, 0.1) is 12.8 Å². The number of aliphatic hydroxyl groups excluding tert-OH is 1. The second kappa shape index (κ2) is 6.06. The van der Waals surface area contributed by atoms with E-state index in [1.54, 1.807) is 19.2 Å².